The van der Waals surface area contributed by atoms with Crippen molar-refractivity contribution in [3.05, 3.63) is 45.9 Å². The lowest BCUT2D eigenvalue weighted by atomic mass is 10.1. The van der Waals surface area contributed by atoms with Crippen LogP contribution in [0.25, 0.3) is 0 Å². The van der Waals surface area contributed by atoms with Crippen LogP contribution >= 0.6 is 0 Å². The van der Waals surface area contributed by atoms with E-state index in [4.69, 9.17) is 9.47 Å². The van der Waals surface area contributed by atoms with E-state index < -0.39 is 0 Å². The van der Waals surface area contributed by atoms with Crippen molar-refractivity contribution in [3.63, 3.8) is 0 Å². The normalized spacial score (nSPS) is 13.6. The van der Waals surface area contributed by atoms with Crippen molar-refractivity contribution in [1.29, 1.82) is 0 Å². The molecule has 0 bridgehead atoms. The number of aromatic amines is 2. The monoisotopic (exact) mass is 303 g/mol. The van der Waals surface area contributed by atoms with E-state index in [1.165, 1.54) is 0 Å². The minimum absolute atomic E-state index is 0.0651. The average molecular weight is 303 g/mol. The molecule has 3 rings (SSSR count). The molecule has 0 saturated heterocycles. The van der Waals surface area contributed by atoms with Gasteiger partial charge in [0.15, 0.2) is 18.1 Å². The summed E-state index contributed by atoms with van der Waals surface area (Å²) in [5.74, 6) is 0.996. The number of nitrogens with zero attached hydrogens (tertiary/aromatic N) is 1. The largest absolute Gasteiger partial charge is 0.493 e. The molecule has 22 heavy (non-hydrogen) atoms. The number of carbonyl (C=O) groups is 1. The van der Waals surface area contributed by atoms with Crippen molar-refractivity contribution in [3.8, 4) is 11.5 Å². The number of amides is 1. The fourth-order valence-corrected chi connectivity index (χ4v) is 2.52. The van der Waals surface area contributed by atoms with Crippen LogP contribution in [0.4, 0.5) is 0 Å². The Balaban J connectivity index is 1.62. The molecule has 0 saturated carbocycles. The van der Waals surface area contributed by atoms with Crippen LogP contribution < -0.4 is 15.0 Å². The molecule has 0 aliphatic carbocycles. The third-order valence-corrected chi connectivity index (χ3v) is 3.72. The van der Waals surface area contributed by atoms with E-state index >= 15 is 0 Å². The second-order valence-corrected chi connectivity index (χ2v) is 5.04. The molecular weight excluding hydrogens is 286 g/mol. The first-order valence-corrected chi connectivity index (χ1v) is 7.01. The Hall–Kier alpha value is -2.70. The van der Waals surface area contributed by atoms with E-state index in [9.17, 15) is 9.59 Å². The summed E-state index contributed by atoms with van der Waals surface area (Å²) < 4.78 is 10.7. The number of benzene rings is 1. The van der Waals surface area contributed by atoms with Crippen molar-refractivity contribution in [2.75, 3.05) is 20.3 Å². The maximum absolute atomic E-state index is 12.2. The summed E-state index contributed by atoms with van der Waals surface area (Å²) in [7, 11) is 1.55. The molecule has 2 heterocycles. The predicted octanol–water partition coefficient (Wildman–Crippen LogP) is 0.675. The van der Waals surface area contributed by atoms with Crippen molar-refractivity contribution < 1.29 is 14.3 Å². The minimum Gasteiger partial charge on any atom is -0.493 e. The number of methoxy groups -OCH3 is 1. The summed E-state index contributed by atoms with van der Waals surface area (Å²) in [5.41, 5.74) is 1.39. The van der Waals surface area contributed by atoms with Gasteiger partial charge in [-0.15, -0.1) is 0 Å². The third kappa shape index (κ3) is 2.69. The Morgan fingerprint density at radius 3 is 2.82 bits per heavy atom. The van der Waals surface area contributed by atoms with Gasteiger partial charge in [0.1, 0.15) is 0 Å². The van der Waals surface area contributed by atoms with Gasteiger partial charge in [0, 0.05) is 12.1 Å². The zero-order valence-electron chi connectivity index (χ0n) is 12.2. The Labute approximate surface area is 126 Å². The van der Waals surface area contributed by atoms with Gasteiger partial charge < -0.3 is 19.5 Å². The molecule has 2 N–H and O–H groups in total. The number of hydrogen-bond acceptors (Lipinski definition) is 4. The van der Waals surface area contributed by atoms with Crippen LogP contribution in [-0.2, 0) is 17.8 Å². The lowest BCUT2D eigenvalue weighted by molar-refractivity contribution is -0.134. The van der Waals surface area contributed by atoms with Gasteiger partial charge in [0.25, 0.3) is 11.5 Å². The highest BCUT2D eigenvalue weighted by atomic mass is 16.5. The first-order chi connectivity index (χ1) is 10.7. The Morgan fingerprint density at radius 1 is 1.27 bits per heavy atom. The fraction of sp³-hybridized carbons (Fsp3) is 0.333. The van der Waals surface area contributed by atoms with Gasteiger partial charge >= 0.3 is 0 Å². The average Bonchev–Trinajstić information content (AvgIpc) is 2.93. The quantitative estimate of drug-likeness (QED) is 0.869. The molecule has 1 amide bonds. The van der Waals surface area contributed by atoms with Gasteiger partial charge in [-0.3, -0.25) is 14.7 Å². The number of para-hydroxylation sites is 2. The molecule has 0 unspecified atom stereocenters. The van der Waals surface area contributed by atoms with Crippen LogP contribution in [0.1, 0.15) is 11.3 Å². The molecule has 1 aliphatic rings. The van der Waals surface area contributed by atoms with Crippen molar-refractivity contribution >= 4 is 5.91 Å². The smallest absolute Gasteiger partial charge is 0.267 e. The molecule has 1 aromatic carbocycles. The van der Waals surface area contributed by atoms with Crippen LogP contribution in [0.5, 0.6) is 11.5 Å². The number of H-pyrrole nitrogens is 2. The van der Waals surface area contributed by atoms with Crippen LogP contribution in [0, 0.1) is 0 Å². The van der Waals surface area contributed by atoms with E-state index in [-0.39, 0.29) is 18.1 Å². The second-order valence-electron chi connectivity index (χ2n) is 5.04. The molecule has 2 aromatic rings. The summed E-state index contributed by atoms with van der Waals surface area (Å²) in [6.45, 7) is 0.842. The Bertz CT molecular complexity index is 734. The maximum Gasteiger partial charge on any atom is 0.267 e. The molecule has 0 fully saturated rings. The number of rotatable bonds is 4. The highest BCUT2D eigenvalue weighted by Gasteiger charge is 2.24. The van der Waals surface area contributed by atoms with Crippen molar-refractivity contribution in [2.24, 2.45) is 0 Å². The molecule has 1 aliphatic heterocycles. The number of carbonyl (C=O) groups excluding carboxylic acids is 1. The number of fused-ring (bicyclic) bond motifs is 1. The van der Waals surface area contributed by atoms with Crippen molar-refractivity contribution in [1.82, 2.24) is 15.1 Å². The molecule has 7 nitrogen and oxygen atoms in total. The molecule has 0 radical (unpaired) electrons. The van der Waals surface area contributed by atoms with E-state index in [0.717, 1.165) is 11.3 Å². The summed E-state index contributed by atoms with van der Waals surface area (Å²) in [6.07, 6.45) is 0.550. The first-order valence-electron chi connectivity index (χ1n) is 7.01. The highest BCUT2D eigenvalue weighted by molar-refractivity contribution is 5.78. The van der Waals surface area contributed by atoms with Gasteiger partial charge in [-0.2, -0.15) is 0 Å². The predicted molar refractivity (Wildman–Crippen MR) is 79.0 cm³/mol. The third-order valence-electron chi connectivity index (χ3n) is 3.72. The zero-order valence-corrected chi connectivity index (χ0v) is 12.2. The molecule has 1 aromatic heterocycles. The fourth-order valence-electron chi connectivity index (χ4n) is 2.52. The maximum atomic E-state index is 12.2. The molecule has 0 atom stereocenters. The van der Waals surface area contributed by atoms with E-state index in [2.05, 4.69) is 10.2 Å². The molecule has 116 valence electrons. The second kappa shape index (κ2) is 5.97. The van der Waals surface area contributed by atoms with E-state index in [1.54, 1.807) is 24.1 Å². The molecule has 7 heteroatoms. The first kappa shape index (κ1) is 14.2. The summed E-state index contributed by atoms with van der Waals surface area (Å²) in [5, 5.41) is 5.36. The summed E-state index contributed by atoms with van der Waals surface area (Å²) in [6, 6.07) is 7.18. The van der Waals surface area contributed by atoms with Gasteiger partial charge in [0.05, 0.1) is 19.3 Å². The van der Waals surface area contributed by atoms with Crippen LogP contribution in [0.2, 0.25) is 0 Å². The van der Waals surface area contributed by atoms with Crippen LogP contribution in [-0.4, -0.2) is 41.3 Å². The minimum atomic E-state index is -0.126. The lowest BCUT2D eigenvalue weighted by Crippen LogP contribution is -2.39. The number of aromatic nitrogens is 2. The van der Waals surface area contributed by atoms with Crippen LogP contribution in [0.15, 0.2) is 29.1 Å². The Kier molecular flexibility index (Phi) is 3.86. The number of ether oxygens (including phenoxy) is 2. The Morgan fingerprint density at radius 2 is 2.05 bits per heavy atom. The number of hydrogen-bond donors (Lipinski definition) is 2. The van der Waals surface area contributed by atoms with E-state index in [0.29, 0.717) is 31.0 Å². The SMILES string of the molecule is COc1ccccc1OCC(=O)N1CCc2c([nH][nH]c2=O)C1. The van der Waals surface area contributed by atoms with Crippen molar-refractivity contribution in [2.45, 2.75) is 13.0 Å². The molecular formula is C15H17N3O4. The topological polar surface area (TPSA) is 87.4 Å². The van der Waals surface area contributed by atoms with Crippen LogP contribution in [0.3, 0.4) is 0 Å². The standard InChI is InChI=1S/C15H17N3O4/c1-21-12-4-2-3-5-13(12)22-9-14(19)18-7-6-10-11(8-18)16-17-15(10)20/h2-5H,6-9H2,1H3,(H2,16,17,20). The van der Waals surface area contributed by atoms with Gasteiger partial charge in [-0.25, -0.2) is 0 Å². The zero-order chi connectivity index (χ0) is 15.5. The van der Waals surface area contributed by atoms with E-state index in [1.807, 2.05) is 12.1 Å². The number of nitrogens with one attached hydrogen (secondary N) is 2. The van der Waals surface area contributed by atoms with Gasteiger partial charge in [-0.1, -0.05) is 12.1 Å². The lowest BCUT2D eigenvalue weighted by Gasteiger charge is -2.26. The van der Waals surface area contributed by atoms with Gasteiger partial charge in [0.2, 0.25) is 0 Å². The summed E-state index contributed by atoms with van der Waals surface area (Å²) >= 11 is 0. The van der Waals surface area contributed by atoms with Gasteiger partial charge in [-0.05, 0) is 18.6 Å². The highest BCUT2D eigenvalue weighted by Crippen LogP contribution is 2.25. The molecule has 0 spiro atoms. The summed E-state index contributed by atoms with van der Waals surface area (Å²) in [4.78, 5) is 25.4.